The maximum atomic E-state index is 5.35. The van der Waals surface area contributed by atoms with Gasteiger partial charge < -0.3 is 22.9 Å². The lowest BCUT2D eigenvalue weighted by atomic mass is 10.0. The molecular formula is C15H18Cl2N8. The minimum Gasteiger partial charge on any atom is -0.369 e. The van der Waals surface area contributed by atoms with E-state index in [1.165, 1.54) is 0 Å². The van der Waals surface area contributed by atoms with E-state index < -0.39 is 0 Å². The zero-order valence-corrected chi connectivity index (χ0v) is 14.7. The lowest BCUT2D eigenvalue weighted by Gasteiger charge is -2.03. The van der Waals surface area contributed by atoms with Crippen LogP contribution in [0.5, 0.6) is 0 Å². The van der Waals surface area contributed by atoms with Crippen LogP contribution in [0.15, 0.2) is 56.8 Å². The number of fused-ring (bicyclic) bond motifs is 2. The Morgan fingerprint density at radius 2 is 1.12 bits per heavy atom. The summed E-state index contributed by atoms with van der Waals surface area (Å²) in [5.74, 6) is -0.205. The molecule has 0 spiro atoms. The highest BCUT2D eigenvalue weighted by Gasteiger charge is 2.25. The van der Waals surface area contributed by atoms with Gasteiger partial charge in [-0.3, -0.25) is 0 Å². The lowest BCUT2D eigenvalue weighted by Crippen LogP contribution is -2.22. The van der Waals surface area contributed by atoms with E-state index in [1.807, 2.05) is 36.4 Å². The third-order valence-corrected chi connectivity index (χ3v) is 3.41. The highest BCUT2D eigenvalue weighted by atomic mass is 35.5. The van der Waals surface area contributed by atoms with Gasteiger partial charge in [0.05, 0.1) is 11.4 Å². The molecule has 0 aliphatic heterocycles. The molecule has 3 rings (SSSR count). The quantitative estimate of drug-likeness (QED) is 0.349. The Bertz CT molecular complexity index is 821. The van der Waals surface area contributed by atoms with Gasteiger partial charge in [-0.1, -0.05) is 24.3 Å². The zero-order chi connectivity index (χ0) is 16.4. The first-order valence-electron chi connectivity index (χ1n) is 6.89. The van der Waals surface area contributed by atoms with Gasteiger partial charge in [0.2, 0.25) is 11.9 Å². The molecular weight excluding hydrogens is 363 g/mol. The predicted molar refractivity (Wildman–Crippen MR) is 108 cm³/mol. The van der Waals surface area contributed by atoms with E-state index in [0.717, 1.165) is 21.9 Å². The minimum absolute atomic E-state index is 0. The van der Waals surface area contributed by atoms with Crippen molar-refractivity contribution in [2.24, 2.45) is 43.3 Å². The summed E-state index contributed by atoms with van der Waals surface area (Å²) < 4.78 is 0. The normalized spacial score (nSPS) is 15.2. The standard InChI is InChI=1S/C15H16N8.2ClH/c16-14(17)22-20-12-7-13(21-23-15(18)19)11-6-9-4-2-1-3-8(9)5-10(11)12;;/h1-6H,7H2,(H4,16,17,22)(H4,18,19,23);2*1H. The summed E-state index contributed by atoms with van der Waals surface area (Å²) in [6.45, 7) is 0. The third kappa shape index (κ3) is 4.37. The van der Waals surface area contributed by atoms with Crippen molar-refractivity contribution in [2.45, 2.75) is 6.42 Å². The van der Waals surface area contributed by atoms with Crippen LogP contribution in [-0.2, 0) is 0 Å². The molecule has 0 amide bonds. The Morgan fingerprint density at radius 1 is 0.720 bits per heavy atom. The summed E-state index contributed by atoms with van der Waals surface area (Å²) in [5.41, 5.74) is 24.7. The Labute approximate surface area is 156 Å². The summed E-state index contributed by atoms with van der Waals surface area (Å²) in [4.78, 5) is 0. The van der Waals surface area contributed by atoms with E-state index in [0.29, 0.717) is 17.8 Å². The summed E-state index contributed by atoms with van der Waals surface area (Å²) in [7, 11) is 0. The van der Waals surface area contributed by atoms with Crippen molar-refractivity contribution in [1.29, 1.82) is 0 Å². The Kier molecular flexibility index (Phi) is 6.72. The maximum Gasteiger partial charge on any atom is 0.211 e. The number of rotatable bonds is 2. The molecule has 10 heteroatoms. The van der Waals surface area contributed by atoms with Crippen LogP contribution in [0, 0.1) is 0 Å². The maximum absolute atomic E-state index is 5.35. The molecule has 2 aromatic rings. The van der Waals surface area contributed by atoms with Gasteiger partial charge in [0.25, 0.3) is 0 Å². The van der Waals surface area contributed by atoms with Crippen molar-refractivity contribution in [1.82, 2.24) is 0 Å². The molecule has 1 aliphatic rings. The Morgan fingerprint density at radius 3 is 1.48 bits per heavy atom. The van der Waals surface area contributed by atoms with Crippen molar-refractivity contribution < 1.29 is 0 Å². The molecule has 132 valence electrons. The second-order valence-corrected chi connectivity index (χ2v) is 5.06. The first-order valence-corrected chi connectivity index (χ1v) is 6.89. The molecule has 25 heavy (non-hydrogen) atoms. The summed E-state index contributed by atoms with van der Waals surface area (Å²) >= 11 is 0. The van der Waals surface area contributed by atoms with Crippen LogP contribution in [0.25, 0.3) is 10.8 Å². The molecule has 1 aliphatic carbocycles. The van der Waals surface area contributed by atoms with Crippen molar-refractivity contribution in [3.63, 3.8) is 0 Å². The van der Waals surface area contributed by atoms with E-state index in [9.17, 15) is 0 Å². The molecule has 8 N–H and O–H groups in total. The molecule has 2 aromatic carbocycles. The lowest BCUT2D eigenvalue weighted by molar-refractivity contribution is 1.18. The molecule has 0 saturated carbocycles. The summed E-state index contributed by atoms with van der Waals surface area (Å²) in [6.07, 6.45) is 0.444. The topological polar surface area (TPSA) is 154 Å². The number of nitrogens with zero attached hydrogens (tertiary/aromatic N) is 4. The van der Waals surface area contributed by atoms with Gasteiger partial charge in [0.15, 0.2) is 0 Å². The fraction of sp³-hybridized carbons (Fsp3) is 0.0667. The summed E-state index contributed by atoms with van der Waals surface area (Å²) in [6, 6.07) is 12.1. The van der Waals surface area contributed by atoms with Gasteiger partial charge in [-0.25, -0.2) is 0 Å². The highest BCUT2D eigenvalue weighted by molar-refractivity contribution is 6.29. The van der Waals surface area contributed by atoms with Crippen LogP contribution in [0.1, 0.15) is 17.5 Å². The van der Waals surface area contributed by atoms with Gasteiger partial charge in [-0.2, -0.15) is 10.2 Å². The molecule has 0 radical (unpaired) electrons. The average Bonchev–Trinajstić information content (AvgIpc) is 2.86. The third-order valence-electron chi connectivity index (χ3n) is 3.41. The van der Waals surface area contributed by atoms with Crippen LogP contribution >= 0.6 is 24.8 Å². The molecule has 0 aromatic heterocycles. The van der Waals surface area contributed by atoms with Crippen molar-refractivity contribution in [3.05, 3.63) is 47.5 Å². The minimum atomic E-state index is -0.102. The smallest absolute Gasteiger partial charge is 0.211 e. The van der Waals surface area contributed by atoms with Crippen LogP contribution in [0.2, 0.25) is 0 Å². The second kappa shape index (κ2) is 8.32. The SMILES string of the molecule is Cl.Cl.NC(N)=NN=C1CC(=NN=C(N)N)c2cc3ccccc3cc21. The molecule has 8 nitrogen and oxygen atoms in total. The van der Waals surface area contributed by atoms with Crippen molar-refractivity contribution in [2.75, 3.05) is 0 Å². The average molecular weight is 381 g/mol. The molecule has 0 fully saturated rings. The largest absolute Gasteiger partial charge is 0.369 e. The van der Waals surface area contributed by atoms with Crippen molar-refractivity contribution >= 4 is 58.9 Å². The number of halogens is 2. The number of nitrogens with two attached hydrogens (primary N) is 4. The molecule has 0 atom stereocenters. The predicted octanol–water partition coefficient (Wildman–Crippen LogP) is 1.04. The van der Waals surface area contributed by atoms with Crippen molar-refractivity contribution in [3.8, 4) is 0 Å². The Hall–Kier alpha value is -2.84. The van der Waals surface area contributed by atoms with Crippen LogP contribution in [0.4, 0.5) is 0 Å². The monoisotopic (exact) mass is 380 g/mol. The van der Waals surface area contributed by atoms with E-state index in [-0.39, 0.29) is 36.7 Å². The van der Waals surface area contributed by atoms with E-state index in [1.54, 1.807) is 0 Å². The number of hydrogen-bond acceptors (Lipinski definition) is 4. The molecule has 0 bridgehead atoms. The molecule has 0 saturated heterocycles. The number of guanidine groups is 2. The van der Waals surface area contributed by atoms with Crippen LogP contribution in [-0.4, -0.2) is 23.3 Å². The van der Waals surface area contributed by atoms with Gasteiger partial charge in [-0.05, 0) is 22.9 Å². The Balaban J connectivity index is 0.00000156. The van der Waals surface area contributed by atoms with Crippen LogP contribution < -0.4 is 22.9 Å². The first kappa shape index (κ1) is 20.2. The fourth-order valence-electron chi connectivity index (χ4n) is 2.48. The highest BCUT2D eigenvalue weighted by Crippen LogP contribution is 2.28. The van der Waals surface area contributed by atoms with Gasteiger partial charge >= 0.3 is 0 Å². The summed E-state index contributed by atoms with van der Waals surface area (Å²) in [5, 5.41) is 17.9. The van der Waals surface area contributed by atoms with E-state index in [4.69, 9.17) is 22.9 Å². The molecule has 0 heterocycles. The first-order chi connectivity index (χ1) is 11.0. The van der Waals surface area contributed by atoms with E-state index in [2.05, 4.69) is 20.4 Å². The van der Waals surface area contributed by atoms with Gasteiger partial charge in [-0.15, -0.1) is 35.0 Å². The van der Waals surface area contributed by atoms with Gasteiger partial charge in [0.1, 0.15) is 0 Å². The van der Waals surface area contributed by atoms with E-state index >= 15 is 0 Å². The number of benzene rings is 2. The zero-order valence-electron chi connectivity index (χ0n) is 13.1. The second-order valence-electron chi connectivity index (χ2n) is 5.06. The van der Waals surface area contributed by atoms with Crippen LogP contribution in [0.3, 0.4) is 0 Å². The molecule has 0 unspecified atom stereocenters. The fourth-order valence-corrected chi connectivity index (χ4v) is 2.48. The van der Waals surface area contributed by atoms with Gasteiger partial charge in [0, 0.05) is 17.5 Å². The number of hydrogen-bond donors (Lipinski definition) is 4.